The third-order valence-corrected chi connectivity index (χ3v) is 2.08. The fraction of sp³-hybridized carbons (Fsp3) is 0.0909. The van der Waals surface area contributed by atoms with Crippen LogP contribution >= 0.6 is 0 Å². The molecule has 5 heteroatoms. The fourth-order valence-electron chi connectivity index (χ4n) is 1.40. The van der Waals surface area contributed by atoms with Gasteiger partial charge in [-0.1, -0.05) is 11.8 Å². The van der Waals surface area contributed by atoms with Crippen LogP contribution < -0.4 is 0 Å². The summed E-state index contributed by atoms with van der Waals surface area (Å²) in [5, 5.41) is 24.3. The second-order valence-corrected chi connectivity index (χ2v) is 3.10. The molecule has 0 spiro atoms. The summed E-state index contributed by atoms with van der Waals surface area (Å²) in [6.45, 7) is -0.227. The van der Waals surface area contributed by atoms with Crippen LogP contribution in [0.3, 0.4) is 0 Å². The van der Waals surface area contributed by atoms with E-state index >= 15 is 0 Å². The second kappa shape index (κ2) is 4.04. The largest absolute Gasteiger partial charge is 0.476 e. The van der Waals surface area contributed by atoms with E-state index in [0.29, 0.717) is 16.5 Å². The quantitative estimate of drug-likeness (QED) is 0.609. The number of hydrogen-bond donors (Lipinski definition) is 3. The highest BCUT2D eigenvalue weighted by Gasteiger charge is 2.12. The van der Waals surface area contributed by atoms with Crippen molar-refractivity contribution < 1.29 is 15.0 Å². The second-order valence-electron chi connectivity index (χ2n) is 3.10. The molecule has 0 amide bonds. The number of nitrogens with zero attached hydrogens (tertiary/aromatic N) is 1. The van der Waals surface area contributed by atoms with E-state index < -0.39 is 5.97 Å². The number of hydrogen-bond acceptors (Lipinski definition) is 3. The molecule has 0 unspecified atom stereocenters. The molecule has 80 valence electrons. The minimum absolute atomic E-state index is 0.0253. The van der Waals surface area contributed by atoms with Gasteiger partial charge < -0.3 is 10.2 Å². The van der Waals surface area contributed by atoms with Crippen LogP contribution in [0.25, 0.3) is 10.9 Å². The molecule has 0 atom stereocenters. The van der Waals surface area contributed by atoms with Crippen molar-refractivity contribution in [2.24, 2.45) is 0 Å². The first kappa shape index (κ1) is 10.2. The normalized spacial score (nSPS) is 9.81. The summed E-state index contributed by atoms with van der Waals surface area (Å²) < 4.78 is 0. The number of nitrogens with one attached hydrogen (secondary N) is 1. The van der Waals surface area contributed by atoms with E-state index in [1.807, 2.05) is 0 Å². The predicted octanol–water partition coefficient (Wildman–Crippen LogP) is 0.605. The number of benzene rings is 1. The molecule has 1 aromatic heterocycles. The molecule has 16 heavy (non-hydrogen) atoms. The highest BCUT2D eigenvalue weighted by atomic mass is 16.4. The summed E-state index contributed by atoms with van der Waals surface area (Å²) in [7, 11) is 0. The van der Waals surface area contributed by atoms with Crippen LogP contribution in [0.15, 0.2) is 18.2 Å². The molecule has 0 bridgehead atoms. The van der Waals surface area contributed by atoms with Crippen LogP contribution in [0.2, 0.25) is 0 Å². The van der Waals surface area contributed by atoms with Crippen LogP contribution in [0.4, 0.5) is 0 Å². The maximum Gasteiger partial charge on any atom is 0.357 e. The van der Waals surface area contributed by atoms with Crippen molar-refractivity contribution in [1.82, 2.24) is 10.2 Å². The Morgan fingerprint density at radius 2 is 2.31 bits per heavy atom. The van der Waals surface area contributed by atoms with Gasteiger partial charge in [-0.25, -0.2) is 4.79 Å². The zero-order valence-electron chi connectivity index (χ0n) is 8.19. The SMILES string of the molecule is O=C(O)c1n[nH]c2ccc(C#CCO)cc12. The molecule has 5 nitrogen and oxygen atoms in total. The predicted molar refractivity (Wildman–Crippen MR) is 57.0 cm³/mol. The molecule has 1 heterocycles. The van der Waals surface area contributed by atoms with Gasteiger partial charge in [-0.3, -0.25) is 5.10 Å². The van der Waals surface area contributed by atoms with Crippen LogP contribution in [0.5, 0.6) is 0 Å². The van der Waals surface area contributed by atoms with Gasteiger partial charge in [0.05, 0.1) is 5.52 Å². The molecule has 2 rings (SSSR count). The Kier molecular flexibility index (Phi) is 2.58. The van der Waals surface area contributed by atoms with Crippen molar-refractivity contribution in [3.63, 3.8) is 0 Å². The summed E-state index contributed by atoms with van der Waals surface area (Å²) in [6, 6.07) is 5.07. The number of aromatic amines is 1. The van der Waals surface area contributed by atoms with Crippen LogP contribution in [0.1, 0.15) is 16.1 Å². The summed E-state index contributed by atoms with van der Waals surface area (Å²) in [4.78, 5) is 10.8. The number of fused-ring (bicyclic) bond motifs is 1. The number of aliphatic hydroxyl groups excluding tert-OH is 1. The molecule has 0 aliphatic rings. The molecule has 0 saturated carbocycles. The van der Waals surface area contributed by atoms with Crippen molar-refractivity contribution in [3.8, 4) is 11.8 Å². The number of aromatic nitrogens is 2. The third kappa shape index (κ3) is 1.74. The Labute approximate surface area is 90.7 Å². The van der Waals surface area contributed by atoms with E-state index in [2.05, 4.69) is 22.0 Å². The van der Waals surface area contributed by atoms with Gasteiger partial charge >= 0.3 is 5.97 Å². The van der Waals surface area contributed by atoms with E-state index in [0.717, 1.165) is 0 Å². The molecule has 3 N–H and O–H groups in total. The van der Waals surface area contributed by atoms with E-state index in [4.69, 9.17) is 10.2 Å². The Balaban J connectivity index is 2.58. The third-order valence-electron chi connectivity index (χ3n) is 2.08. The lowest BCUT2D eigenvalue weighted by atomic mass is 10.1. The van der Waals surface area contributed by atoms with Gasteiger partial charge in [0, 0.05) is 10.9 Å². The molecule has 0 aliphatic carbocycles. The minimum Gasteiger partial charge on any atom is -0.476 e. The van der Waals surface area contributed by atoms with Crippen molar-refractivity contribution in [2.45, 2.75) is 0 Å². The van der Waals surface area contributed by atoms with Gasteiger partial charge in [0.25, 0.3) is 0 Å². The van der Waals surface area contributed by atoms with Crippen molar-refractivity contribution >= 4 is 16.9 Å². The maximum atomic E-state index is 10.8. The summed E-state index contributed by atoms with van der Waals surface area (Å²) in [5.74, 6) is 4.12. The lowest BCUT2D eigenvalue weighted by Gasteiger charge is -1.92. The number of aromatic carboxylic acids is 1. The highest BCUT2D eigenvalue weighted by Crippen LogP contribution is 2.17. The smallest absolute Gasteiger partial charge is 0.357 e. The first-order chi connectivity index (χ1) is 7.72. The Hall–Kier alpha value is -2.32. The van der Waals surface area contributed by atoms with Gasteiger partial charge in [-0.15, -0.1) is 0 Å². The van der Waals surface area contributed by atoms with Crippen molar-refractivity contribution in [2.75, 3.05) is 6.61 Å². The lowest BCUT2D eigenvalue weighted by Crippen LogP contribution is -1.96. The Morgan fingerprint density at radius 1 is 1.50 bits per heavy atom. The Bertz CT molecular complexity index is 604. The van der Waals surface area contributed by atoms with E-state index in [-0.39, 0.29) is 12.3 Å². The molecule has 0 saturated heterocycles. The zero-order chi connectivity index (χ0) is 11.5. The number of rotatable bonds is 1. The lowest BCUT2D eigenvalue weighted by molar-refractivity contribution is 0.0692. The fourth-order valence-corrected chi connectivity index (χ4v) is 1.40. The standard InChI is InChI=1S/C11H8N2O3/c14-5-1-2-7-3-4-9-8(6-7)10(11(15)16)13-12-9/h3-4,6,14H,5H2,(H,12,13)(H,15,16). The average molecular weight is 216 g/mol. The van der Waals surface area contributed by atoms with Gasteiger partial charge in [0.2, 0.25) is 0 Å². The number of carbonyl (C=O) groups is 1. The topological polar surface area (TPSA) is 86.2 Å². The highest BCUT2D eigenvalue weighted by molar-refractivity contribution is 6.01. The first-order valence-corrected chi connectivity index (χ1v) is 4.53. The first-order valence-electron chi connectivity index (χ1n) is 4.53. The average Bonchev–Trinajstić information content (AvgIpc) is 2.69. The van der Waals surface area contributed by atoms with Gasteiger partial charge in [0.1, 0.15) is 6.61 Å². The van der Waals surface area contributed by atoms with Crippen LogP contribution in [-0.2, 0) is 0 Å². The van der Waals surface area contributed by atoms with Crippen molar-refractivity contribution in [1.29, 1.82) is 0 Å². The molecule has 0 aliphatic heterocycles. The van der Waals surface area contributed by atoms with Crippen molar-refractivity contribution in [3.05, 3.63) is 29.5 Å². The molecule has 1 aromatic carbocycles. The van der Waals surface area contributed by atoms with Crippen LogP contribution in [-0.4, -0.2) is 33.0 Å². The summed E-state index contributed by atoms with van der Waals surface area (Å²) in [6.07, 6.45) is 0. The Morgan fingerprint density at radius 3 is 3.00 bits per heavy atom. The van der Waals surface area contributed by atoms with Gasteiger partial charge in [-0.05, 0) is 18.2 Å². The number of H-pyrrole nitrogens is 1. The molecule has 0 radical (unpaired) electrons. The minimum atomic E-state index is -1.08. The molecule has 2 aromatic rings. The number of aliphatic hydroxyl groups is 1. The summed E-state index contributed by atoms with van der Waals surface area (Å²) in [5.41, 5.74) is 1.26. The number of carboxylic acid groups (broad SMARTS) is 1. The molecular formula is C11H8N2O3. The molecular weight excluding hydrogens is 208 g/mol. The van der Waals surface area contributed by atoms with Gasteiger partial charge in [0.15, 0.2) is 5.69 Å². The molecule has 0 fully saturated rings. The van der Waals surface area contributed by atoms with Gasteiger partial charge in [-0.2, -0.15) is 5.10 Å². The number of carboxylic acids is 1. The maximum absolute atomic E-state index is 10.8. The van der Waals surface area contributed by atoms with E-state index in [1.54, 1.807) is 18.2 Å². The van der Waals surface area contributed by atoms with E-state index in [1.165, 1.54) is 0 Å². The van der Waals surface area contributed by atoms with E-state index in [9.17, 15) is 4.79 Å². The zero-order valence-corrected chi connectivity index (χ0v) is 8.19. The summed E-state index contributed by atoms with van der Waals surface area (Å²) >= 11 is 0. The van der Waals surface area contributed by atoms with Crippen LogP contribution in [0, 0.1) is 11.8 Å². The monoisotopic (exact) mass is 216 g/mol.